The number of nitrogens with two attached hydrogens (primary N) is 1. The molecular weight excluding hydrogens is 224 g/mol. The van der Waals surface area contributed by atoms with Crippen LogP contribution in [0.1, 0.15) is 46.0 Å². The topological polar surface area (TPSA) is 44.5 Å². The molecule has 0 spiro atoms. The average molecular weight is 254 g/mol. The molecule has 0 saturated carbocycles. The van der Waals surface area contributed by atoms with E-state index >= 15 is 0 Å². The number of rotatable bonds is 3. The maximum atomic E-state index is 6.09. The Bertz CT molecular complexity index is 261. The van der Waals surface area contributed by atoms with E-state index in [-0.39, 0.29) is 5.54 Å². The lowest BCUT2D eigenvalue weighted by atomic mass is 9.89. The van der Waals surface area contributed by atoms with E-state index in [0.29, 0.717) is 12.1 Å². The highest BCUT2D eigenvalue weighted by molar-refractivity contribution is 4.95. The summed E-state index contributed by atoms with van der Waals surface area (Å²) in [7, 11) is 2.20. The normalized spacial score (nSPS) is 40.0. The van der Waals surface area contributed by atoms with Gasteiger partial charge in [0.2, 0.25) is 0 Å². The number of hydrogen-bond acceptors (Lipinski definition) is 4. The smallest absolute Gasteiger partial charge is 0.0575 e. The first kappa shape index (κ1) is 14.3. The van der Waals surface area contributed by atoms with Crippen LogP contribution in [0.15, 0.2) is 0 Å². The van der Waals surface area contributed by atoms with Crippen LogP contribution in [0.4, 0.5) is 0 Å². The fourth-order valence-corrected chi connectivity index (χ4v) is 3.58. The largest absolute Gasteiger partial charge is 0.329 e. The standard InChI is InChI=1S/C14H30N4/c1-12-6-4-7-13(2)18(12)16-14(10-15)8-5-9-17(3)11-14/h12-13,16H,4-11,15H2,1-3H3. The molecule has 2 saturated heterocycles. The van der Waals surface area contributed by atoms with E-state index in [1.807, 2.05) is 0 Å². The summed E-state index contributed by atoms with van der Waals surface area (Å²) >= 11 is 0. The first-order valence-electron chi connectivity index (χ1n) is 7.51. The van der Waals surface area contributed by atoms with Crippen LogP contribution in [0.3, 0.4) is 0 Å². The molecule has 3 unspecified atom stereocenters. The minimum Gasteiger partial charge on any atom is -0.329 e. The summed E-state index contributed by atoms with van der Waals surface area (Å²) in [6.45, 7) is 7.67. The molecule has 2 rings (SSSR count). The molecule has 0 bridgehead atoms. The number of likely N-dealkylation sites (N-methyl/N-ethyl adjacent to an activating group) is 1. The molecule has 106 valence electrons. The van der Waals surface area contributed by atoms with Gasteiger partial charge >= 0.3 is 0 Å². The highest BCUT2D eigenvalue weighted by Crippen LogP contribution is 2.25. The molecule has 0 aromatic rings. The number of likely N-dealkylation sites (tertiary alicyclic amines) is 1. The first-order valence-corrected chi connectivity index (χ1v) is 7.51. The highest BCUT2D eigenvalue weighted by Gasteiger charge is 2.37. The van der Waals surface area contributed by atoms with Crippen LogP contribution in [0.5, 0.6) is 0 Å². The zero-order valence-electron chi connectivity index (χ0n) is 12.3. The quantitative estimate of drug-likeness (QED) is 0.794. The molecule has 4 heteroatoms. The molecular formula is C14H30N4. The Morgan fingerprint density at radius 3 is 2.44 bits per heavy atom. The Morgan fingerprint density at radius 2 is 1.89 bits per heavy atom. The van der Waals surface area contributed by atoms with Crippen molar-refractivity contribution >= 4 is 0 Å². The van der Waals surface area contributed by atoms with Crippen LogP contribution in [-0.4, -0.2) is 54.2 Å². The van der Waals surface area contributed by atoms with Crippen molar-refractivity contribution in [3.63, 3.8) is 0 Å². The van der Waals surface area contributed by atoms with E-state index in [0.717, 1.165) is 13.1 Å². The SMILES string of the molecule is CC1CCCC(C)N1NC1(CN)CCCN(C)C1. The fourth-order valence-electron chi connectivity index (χ4n) is 3.58. The number of hydrazine groups is 1. The number of hydrogen-bond donors (Lipinski definition) is 2. The third-order valence-corrected chi connectivity index (χ3v) is 4.72. The van der Waals surface area contributed by atoms with Gasteiger partial charge in [0.15, 0.2) is 0 Å². The van der Waals surface area contributed by atoms with Crippen molar-refractivity contribution in [1.82, 2.24) is 15.3 Å². The third kappa shape index (κ3) is 3.05. The maximum Gasteiger partial charge on any atom is 0.0575 e. The van der Waals surface area contributed by atoms with Crippen molar-refractivity contribution in [1.29, 1.82) is 0 Å². The molecule has 2 aliphatic rings. The lowest BCUT2D eigenvalue weighted by Gasteiger charge is -2.49. The summed E-state index contributed by atoms with van der Waals surface area (Å²) in [6, 6.07) is 1.26. The summed E-state index contributed by atoms with van der Waals surface area (Å²) in [4.78, 5) is 2.41. The van der Waals surface area contributed by atoms with Gasteiger partial charge in [-0.1, -0.05) is 6.42 Å². The fraction of sp³-hybridized carbons (Fsp3) is 1.00. The Kier molecular flexibility index (Phi) is 4.64. The number of piperidine rings is 2. The van der Waals surface area contributed by atoms with Gasteiger partial charge in [-0.3, -0.25) is 0 Å². The van der Waals surface area contributed by atoms with Crippen molar-refractivity contribution in [2.45, 2.75) is 63.6 Å². The lowest BCUT2D eigenvalue weighted by Crippen LogP contribution is -2.68. The molecule has 4 nitrogen and oxygen atoms in total. The lowest BCUT2D eigenvalue weighted by molar-refractivity contribution is -0.0193. The first-order chi connectivity index (χ1) is 8.56. The zero-order valence-corrected chi connectivity index (χ0v) is 12.3. The van der Waals surface area contributed by atoms with Crippen LogP contribution < -0.4 is 11.2 Å². The molecule has 18 heavy (non-hydrogen) atoms. The van der Waals surface area contributed by atoms with Crippen LogP contribution >= 0.6 is 0 Å². The van der Waals surface area contributed by atoms with Gasteiger partial charge in [-0.05, 0) is 53.1 Å². The number of nitrogens with zero attached hydrogens (tertiary/aromatic N) is 2. The molecule has 2 heterocycles. The third-order valence-electron chi connectivity index (χ3n) is 4.72. The van der Waals surface area contributed by atoms with Gasteiger partial charge in [0, 0.05) is 25.2 Å². The van der Waals surface area contributed by atoms with Crippen molar-refractivity contribution in [2.75, 3.05) is 26.7 Å². The molecule has 3 N–H and O–H groups in total. The van der Waals surface area contributed by atoms with Crippen LogP contribution in [0, 0.1) is 0 Å². The monoisotopic (exact) mass is 254 g/mol. The van der Waals surface area contributed by atoms with Gasteiger partial charge in [0.1, 0.15) is 0 Å². The molecule has 0 amide bonds. The van der Waals surface area contributed by atoms with E-state index < -0.39 is 0 Å². The summed E-state index contributed by atoms with van der Waals surface area (Å²) in [5.74, 6) is 0. The van der Waals surface area contributed by atoms with E-state index in [1.54, 1.807) is 0 Å². The second-order valence-corrected chi connectivity index (χ2v) is 6.47. The second kappa shape index (κ2) is 5.87. The summed E-state index contributed by atoms with van der Waals surface area (Å²) in [5.41, 5.74) is 10.0. The van der Waals surface area contributed by atoms with E-state index in [9.17, 15) is 0 Å². The Hall–Kier alpha value is -0.160. The predicted octanol–water partition coefficient (Wildman–Crippen LogP) is 1.18. The van der Waals surface area contributed by atoms with Gasteiger partial charge in [-0.25, -0.2) is 10.4 Å². The molecule has 0 aromatic carbocycles. The predicted molar refractivity (Wildman–Crippen MR) is 76.3 cm³/mol. The Morgan fingerprint density at radius 1 is 1.22 bits per heavy atom. The summed E-state index contributed by atoms with van der Waals surface area (Å²) < 4.78 is 0. The van der Waals surface area contributed by atoms with Gasteiger partial charge in [-0.15, -0.1) is 0 Å². The molecule has 0 aliphatic carbocycles. The minimum atomic E-state index is 0.0901. The minimum absolute atomic E-state index is 0.0901. The van der Waals surface area contributed by atoms with Crippen molar-refractivity contribution in [2.24, 2.45) is 5.73 Å². The van der Waals surface area contributed by atoms with Crippen LogP contribution in [0.25, 0.3) is 0 Å². The van der Waals surface area contributed by atoms with Gasteiger partial charge in [0.05, 0.1) is 5.54 Å². The second-order valence-electron chi connectivity index (χ2n) is 6.47. The van der Waals surface area contributed by atoms with E-state index in [2.05, 4.69) is 36.2 Å². The van der Waals surface area contributed by atoms with Gasteiger partial charge in [-0.2, -0.15) is 0 Å². The molecule has 3 atom stereocenters. The van der Waals surface area contributed by atoms with Crippen LogP contribution in [0.2, 0.25) is 0 Å². The number of nitrogens with one attached hydrogen (secondary N) is 1. The summed E-state index contributed by atoms with van der Waals surface area (Å²) in [5, 5.41) is 2.48. The molecule has 0 radical (unpaired) electrons. The van der Waals surface area contributed by atoms with Crippen molar-refractivity contribution in [3.05, 3.63) is 0 Å². The highest BCUT2D eigenvalue weighted by atomic mass is 15.6. The Balaban J connectivity index is 2.04. The summed E-state index contributed by atoms with van der Waals surface area (Å²) in [6.07, 6.45) is 6.40. The Labute approximate surface area is 112 Å². The average Bonchev–Trinajstić information content (AvgIpc) is 2.34. The van der Waals surface area contributed by atoms with Gasteiger partial charge < -0.3 is 10.6 Å². The van der Waals surface area contributed by atoms with Crippen LogP contribution in [-0.2, 0) is 0 Å². The van der Waals surface area contributed by atoms with E-state index in [4.69, 9.17) is 5.73 Å². The zero-order chi connectivity index (χ0) is 13.2. The molecule has 2 aliphatic heterocycles. The van der Waals surface area contributed by atoms with Crippen molar-refractivity contribution in [3.8, 4) is 0 Å². The van der Waals surface area contributed by atoms with Crippen molar-refractivity contribution < 1.29 is 0 Å². The van der Waals surface area contributed by atoms with E-state index in [1.165, 1.54) is 38.6 Å². The molecule has 0 aromatic heterocycles. The van der Waals surface area contributed by atoms with Gasteiger partial charge in [0.25, 0.3) is 0 Å². The molecule has 2 fully saturated rings. The maximum absolute atomic E-state index is 6.09.